The van der Waals surface area contributed by atoms with Crippen LogP contribution in [0.2, 0.25) is 0 Å². The van der Waals surface area contributed by atoms with Crippen LogP contribution in [0.25, 0.3) is 11.2 Å². The predicted molar refractivity (Wildman–Crippen MR) is 85.6 cm³/mol. The highest BCUT2D eigenvalue weighted by Crippen LogP contribution is 2.24. The van der Waals surface area contributed by atoms with Crippen molar-refractivity contribution in [3.8, 4) is 0 Å². The Kier molecular flexibility index (Phi) is 3.64. The number of nitrogens with zero attached hydrogens (tertiary/aromatic N) is 3. The Morgan fingerprint density at radius 1 is 1.32 bits per heavy atom. The minimum atomic E-state index is -0.452. The summed E-state index contributed by atoms with van der Waals surface area (Å²) in [5, 5.41) is 0. The van der Waals surface area contributed by atoms with Crippen molar-refractivity contribution in [3.05, 3.63) is 42.4 Å². The van der Waals surface area contributed by atoms with Crippen molar-refractivity contribution >= 4 is 17.3 Å². The molecule has 0 saturated carbocycles. The molecule has 0 radical (unpaired) electrons. The first-order valence-electron chi connectivity index (χ1n) is 7.52. The molecule has 1 aliphatic heterocycles. The summed E-state index contributed by atoms with van der Waals surface area (Å²) in [5.74, 6) is 0. The first kappa shape index (κ1) is 14.6. The molecule has 5 nitrogen and oxygen atoms in total. The molecule has 0 fully saturated rings. The van der Waals surface area contributed by atoms with Crippen molar-refractivity contribution in [3.63, 3.8) is 0 Å². The lowest BCUT2D eigenvalue weighted by Crippen LogP contribution is -2.39. The Morgan fingerprint density at radius 3 is 2.82 bits per heavy atom. The van der Waals surface area contributed by atoms with Gasteiger partial charge in [-0.2, -0.15) is 0 Å². The summed E-state index contributed by atoms with van der Waals surface area (Å²) in [6.07, 6.45) is 8.42. The Morgan fingerprint density at radius 2 is 2.14 bits per heavy atom. The molecule has 0 spiro atoms. The topological polar surface area (TPSA) is 46.8 Å². The van der Waals surface area contributed by atoms with E-state index in [-0.39, 0.29) is 6.09 Å². The van der Waals surface area contributed by atoms with Gasteiger partial charge >= 0.3 is 6.09 Å². The number of amides is 1. The van der Waals surface area contributed by atoms with E-state index in [1.807, 2.05) is 37.6 Å². The van der Waals surface area contributed by atoms with E-state index in [1.165, 1.54) is 11.1 Å². The van der Waals surface area contributed by atoms with Crippen LogP contribution in [0, 0.1) is 0 Å². The van der Waals surface area contributed by atoms with E-state index in [2.05, 4.69) is 23.2 Å². The van der Waals surface area contributed by atoms with Gasteiger partial charge in [-0.3, -0.25) is 0 Å². The zero-order valence-corrected chi connectivity index (χ0v) is 13.2. The van der Waals surface area contributed by atoms with Gasteiger partial charge < -0.3 is 14.0 Å². The zero-order chi connectivity index (χ0) is 15.7. The minimum Gasteiger partial charge on any atom is -0.444 e. The predicted octanol–water partition coefficient (Wildman–Crippen LogP) is 3.36. The van der Waals surface area contributed by atoms with E-state index >= 15 is 0 Å². The van der Waals surface area contributed by atoms with Gasteiger partial charge in [-0.05, 0) is 50.5 Å². The van der Waals surface area contributed by atoms with Crippen LogP contribution in [-0.2, 0) is 4.74 Å². The molecule has 2 aromatic heterocycles. The highest BCUT2D eigenvalue weighted by atomic mass is 16.6. The van der Waals surface area contributed by atoms with Gasteiger partial charge in [0, 0.05) is 31.7 Å². The van der Waals surface area contributed by atoms with E-state index in [9.17, 15) is 4.79 Å². The second-order valence-corrected chi connectivity index (χ2v) is 6.51. The highest BCUT2D eigenvalue weighted by molar-refractivity contribution is 5.73. The molecule has 1 aliphatic rings. The number of carbonyl (C=O) groups excluding carboxylic acids is 1. The standard InChI is InChI=1S/C17H21N3O2/c1-17(2,3)22-16(21)20-9-4-13(5-10-20)14-6-8-19-11-7-18-15(19)12-14/h4,6-8,11-12H,5,9-10H2,1-3H3. The first-order valence-corrected chi connectivity index (χ1v) is 7.52. The minimum absolute atomic E-state index is 0.244. The normalized spacial score (nSPS) is 15.8. The maximum atomic E-state index is 12.1. The van der Waals surface area contributed by atoms with Gasteiger partial charge in [0.2, 0.25) is 0 Å². The third kappa shape index (κ3) is 3.13. The van der Waals surface area contributed by atoms with Crippen LogP contribution in [0.4, 0.5) is 4.79 Å². The summed E-state index contributed by atoms with van der Waals surface area (Å²) in [6.45, 7) is 6.92. The molecule has 3 heterocycles. The number of hydrogen-bond acceptors (Lipinski definition) is 3. The van der Waals surface area contributed by atoms with Crippen molar-refractivity contribution in [2.75, 3.05) is 13.1 Å². The number of fused-ring (bicyclic) bond motifs is 1. The van der Waals surface area contributed by atoms with Crippen molar-refractivity contribution in [1.29, 1.82) is 0 Å². The number of carbonyl (C=O) groups is 1. The SMILES string of the molecule is CC(C)(C)OC(=O)N1CC=C(c2ccn3ccnc3c2)CC1. The van der Waals surface area contributed by atoms with Gasteiger partial charge in [-0.1, -0.05) is 6.08 Å². The number of aromatic nitrogens is 2. The first-order chi connectivity index (χ1) is 10.4. The summed E-state index contributed by atoms with van der Waals surface area (Å²) in [4.78, 5) is 18.1. The molecule has 0 saturated heterocycles. The smallest absolute Gasteiger partial charge is 0.410 e. The van der Waals surface area contributed by atoms with E-state index in [1.54, 1.807) is 11.1 Å². The van der Waals surface area contributed by atoms with Gasteiger partial charge in [-0.25, -0.2) is 9.78 Å². The van der Waals surface area contributed by atoms with Gasteiger partial charge in [0.25, 0.3) is 0 Å². The monoisotopic (exact) mass is 299 g/mol. The van der Waals surface area contributed by atoms with Crippen LogP contribution in [-0.4, -0.2) is 39.1 Å². The Bertz CT molecular complexity index is 725. The fraction of sp³-hybridized carbons (Fsp3) is 0.412. The van der Waals surface area contributed by atoms with Gasteiger partial charge in [-0.15, -0.1) is 0 Å². The van der Waals surface area contributed by atoms with Crippen LogP contribution in [0.3, 0.4) is 0 Å². The molecule has 0 aliphatic carbocycles. The third-order valence-electron chi connectivity index (χ3n) is 3.63. The van der Waals surface area contributed by atoms with Gasteiger partial charge in [0.1, 0.15) is 11.2 Å². The second-order valence-electron chi connectivity index (χ2n) is 6.51. The van der Waals surface area contributed by atoms with E-state index in [0.29, 0.717) is 13.1 Å². The Labute approximate surface area is 130 Å². The van der Waals surface area contributed by atoms with Crippen LogP contribution >= 0.6 is 0 Å². The lowest BCUT2D eigenvalue weighted by molar-refractivity contribution is 0.0270. The average Bonchev–Trinajstić information content (AvgIpc) is 2.93. The number of imidazole rings is 1. The average molecular weight is 299 g/mol. The number of pyridine rings is 1. The second kappa shape index (κ2) is 5.48. The molecule has 22 heavy (non-hydrogen) atoms. The van der Waals surface area contributed by atoms with E-state index < -0.39 is 5.60 Å². The molecule has 3 rings (SSSR count). The Balaban J connectivity index is 1.72. The molecular formula is C17H21N3O2. The molecule has 116 valence electrons. The third-order valence-corrected chi connectivity index (χ3v) is 3.63. The van der Waals surface area contributed by atoms with Crippen LogP contribution < -0.4 is 0 Å². The fourth-order valence-corrected chi connectivity index (χ4v) is 2.53. The van der Waals surface area contributed by atoms with Crippen molar-refractivity contribution in [2.45, 2.75) is 32.8 Å². The Hall–Kier alpha value is -2.30. The molecule has 0 unspecified atom stereocenters. The summed E-state index contributed by atoms with van der Waals surface area (Å²) >= 11 is 0. The van der Waals surface area contributed by atoms with Crippen molar-refractivity contribution in [2.24, 2.45) is 0 Å². The van der Waals surface area contributed by atoms with Crippen LogP contribution in [0.15, 0.2) is 36.8 Å². The van der Waals surface area contributed by atoms with E-state index in [0.717, 1.165) is 12.1 Å². The molecule has 1 amide bonds. The summed E-state index contributed by atoms with van der Waals surface area (Å²) in [6, 6.07) is 4.17. The van der Waals surface area contributed by atoms with Crippen molar-refractivity contribution < 1.29 is 9.53 Å². The number of hydrogen-bond donors (Lipinski definition) is 0. The van der Waals surface area contributed by atoms with Gasteiger partial charge in [0.05, 0.1) is 0 Å². The van der Waals surface area contributed by atoms with Crippen LogP contribution in [0.5, 0.6) is 0 Å². The summed E-state index contributed by atoms with van der Waals surface area (Å²) in [7, 11) is 0. The molecule has 0 bridgehead atoms. The highest BCUT2D eigenvalue weighted by Gasteiger charge is 2.23. The largest absolute Gasteiger partial charge is 0.444 e. The lowest BCUT2D eigenvalue weighted by atomic mass is 10.0. The molecule has 0 atom stereocenters. The van der Waals surface area contributed by atoms with Gasteiger partial charge in [0.15, 0.2) is 0 Å². The maximum absolute atomic E-state index is 12.1. The fourth-order valence-electron chi connectivity index (χ4n) is 2.53. The van der Waals surface area contributed by atoms with Crippen molar-refractivity contribution in [1.82, 2.24) is 14.3 Å². The number of ether oxygens (including phenoxy) is 1. The van der Waals surface area contributed by atoms with E-state index in [4.69, 9.17) is 4.74 Å². The summed E-state index contributed by atoms with van der Waals surface area (Å²) in [5.41, 5.74) is 2.91. The molecule has 5 heteroatoms. The molecular weight excluding hydrogens is 278 g/mol. The molecule has 0 N–H and O–H groups in total. The maximum Gasteiger partial charge on any atom is 0.410 e. The van der Waals surface area contributed by atoms with Crippen LogP contribution in [0.1, 0.15) is 32.8 Å². The quantitative estimate of drug-likeness (QED) is 0.811. The summed E-state index contributed by atoms with van der Waals surface area (Å²) < 4.78 is 7.40. The zero-order valence-electron chi connectivity index (χ0n) is 13.2. The lowest BCUT2D eigenvalue weighted by Gasteiger charge is -2.29. The molecule has 0 aromatic carbocycles. The number of rotatable bonds is 1. The molecule has 2 aromatic rings.